The summed E-state index contributed by atoms with van der Waals surface area (Å²) in [5.74, 6) is -0.217. The van der Waals surface area contributed by atoms with Gasteiger partial charge in [-0.1, -0.05) is 23.7 Å². The molecule has 17 heavy (non-hydrogen) atoms. The van der Waals surface area contributed by atoms with Crippen LogP contribution in [0.25, 0.3) is 0 Å². The van der Waals surface area contributed by atoms with Gasteiger partial charge in [-0.2, -0.15) is 0 Å². The summed E-state index contributed by atoms with van der Waals surface area (Å²) in [5, 5.41) is 21.3. The Morgan fingerprint density at radius 2 is 1.94 bits per heavy atom. The van der Waals surface area contributed by atoms with Crippen LogP contribution in [0.1, 0.15) is 30.7 Å². The van der Waals surface area contributed by atoms with E-state index in [2.05, 4.69) is 0 Å². The van der Waals surface area contributed by atoms with Crippen molar-refractivity contribution in [3.05, 3.63) is 45.0 Å². The number of hydrogen-bond acceptors (Lipinski definition) is 3. The number of nitro groups is 1. The molecule has 2 rings (SSSR count). The molecular weight excluding hydrogens is 242 g/mol. The summed E-state index contributed by atoms with van der Waals surface area (Å²) in [4.78, 5) is 10.8. The molecule has 0 heterocycles. The highest BCUT2D eigenvalue weighted by Crippen LogP contribution is 2.35. The number of nitrogens with zero attached hydrogens (tertiary/aromatic N) is 1. The molecule has 1 aliphatic rings. The van der Waals surface area contributed by atoms with Crippen LogP contribution in [0.2, 0.25) is 5.02 Å². The monoisotopic (exact) mass is 255 g/mol. The second-order valence-corrected chi connectivity index (χ2v) is 4.91. The maximum Gasteiger partial charge on any atom is 0.220 e. The maximum atomic E-state index is 11.0. The molecule has 3 unspecified atom stereocenters. The highest BCUT2D eigenvalue weighted by molar-refractivity contribution is 6.30. The fourth-order valence-corrected chi connectivity index (χ4v) is 2.58. The normalized spacial score (nSPS) is 28.9. The van der Waals surface area contributed by atoms with Crippen molar-refractivity contribution < 1.29 is 10.0 Å². The molecule has 0 saturated heterocycles. The fraction of sp³-hybridized carbons (Fsp3) is 0.500. The van der Waals surface area contributed by atoms with E-state index in [0.717, 1.165) is 5.56 Å². The molecule has 0 radical (unpaired) electrons. The van der Waals surface area contributed by atoms with Crippen LogP contribution in [0.15, 0.2) is 24.3 Å². The van der Waals surface area contributed by atoms with Crippen LogP contribution in [0.4, 0.5) is 0 Å². The third-order valence-corrected chi connectivity index (χ3v) is 3.61. The summed E-state index contributed by atoms with van der Waals surface area (Å²) in [6, 6.07) is 6.48. The Bertz CT molecular complexity index is 407. The van der Waals surface area contributed by atoms with Crippen molar-refractivity contribution in [2.24, 2.45) is 0 Å². The highest BCUT2D eigenvalue weighted by atomic mass is 35.5. The van der Waals surface area contributed by atoms with Crippen molar-refractivity contribution in [2.45, 2.75) is 37.3 Å². The minimum Gasteiger partial charge on any atom is -0.393 e. The van der Waals surface area contributed by atoms with Crippen LogP contribution in [0.3, 0.4) is 0 Å². The van der Waals surface area contributed by atoms with Gasteiger partial charge in [-0.15, -0.1) is 0 Å². The van der Waals surface area contributed by atoms with Gasteiger partial charge >= 0.3 is 0 Å². The molecule has 1 aromatic carbocycles. The first-order valence-electron chi connectivity index (χ1n) is 5.65. The Kier molecular flexibility index (Phi) is 3.64. The molecule has 0 amide bonds. The van der Waals surface area contributed by atoms with Crippen molar-refractivity contribution in [3.8, 4) is 0 Å². The summed E-state index contributed by atoms with van der Waals surface area (Å²) in [7, 11) is 0. The van der Waals surface area contributed by atoms with Crippen molar-refractivity contribution in [1.82, 2.24) is 0 Å². The molecule has 3 atom stereocenters. The van der Waals surface area contributed by atoms with Crippen molar-refractivity contribution >= 4 is 11.6 Å². The summed E-state index contributed by atoms with van der Waals surface area (Å²) < 4.78 is 0. The third kappa shape index (κ3) is 2.76. The molecular formula is C12H14ClNO3. The standard InChI is InChI=1S/C12H14ClNO3/c13-9-3-1-8(2-4-9)11-7-10(15)5-6-12(11)14(16)17/h1-4,10-12,15H,5-7H2. The van der Waals surface area contributed by atoms with Crippen LogP contribution < -0.4 is 0 Å². The first-order chi connectivity index (χ1) is 8.08. The highest BCUT2D eigenvalue weighted by Gasteiger charge is 2.38. The summed E-state index contributed by atoms with van der Waals surface area (Å²) in [6.45, 7) is 0. The SMILES string of the molecule is O=[N+]([O-])C1CCC(O)CC1c1ccc(Cl)cc1. The first kappa shape index (κ1) is 12.3. The Balaban J connectivity index is 2.25. The molecule has 0 bridgehead atoms. The second kappa shape index (κ2) is 5.02. The number of aliphatic hydroxyl groups is 1. The van der Waals surface area contributed by atoms with Gasteiger partial charge in [0.05, 0.1) is 12.0 Å². The topological polar surface area (TPSA) is 63.4 Å². The molecule has 1 fully saturated rings. The molecule has 1 N–H and O–H groups in total. The van der Waals surface area contributed by atoms with Gasteiger partial charge in [0, 0.05) is 16.4 Å². The van der Waals surface area contributed by atoms with Gasteiger partial charge in [-0.3, -0.25) is 10.1 Å². The number of halogens is 1. The van der Waals surface area contributed by atoms with Gasteiger partial charge in [-0.05, 0) is 30.5 Å². The lowest BCUT2D eigenvalue weighted by molar-refractivity contribution is -0.531. The zero-order valence-electron chi connectivity index (χ0n) is 9.25. The van der Waals surface area contributed by atoms with E-state index < -0.39 is 12.1 Å². The van der Waals surface area contributed by atoms with Crippen molar-refractivity contribution in [1.29, 1.82) is 0 Å². The molecule has 4 nitrogen and oxygen atoms in total. The number of rotatable bonds is 2. The number of hydrogen-bond donors (Lipinski definition) is 1. The predicted molar refractivity (Wildman–Crippen MR) is 64.8 cm³/mol. The van der Waals surface area contributed by atoms with E-state index in [1.54, 1.807) is 12.1 Å². The Labute approximate surface area is 104 Å². The van der Waals surface area contributed by atoms with Crippen LogP contribution in [-0.2, 0) is 0 Å². The average Bonchev–Trinajstić information content (AvgIpc) is 2.29. The van der Waals surface area contributed by atoms with E-state index >= 15 is 0 Å². The van der Waals surface area contributed by atoms with E-state index in [1.807, 2.05) is 12.1 Å². The van der Waals surface area contributed by atoms with Crippen molar-refractivity contribution in [2.75, 3.05) is 0 Å². The largest absolute Gasteiger partial charge is 0.393 e. The molecule has 0 aromatic heterocycles. The van der Waals surface area contributed by atoms with Gasteiger partial charge < -0.3 is 5.11 Å². The third-order valence-electron chi connectivity index (χ3n) is 3.36. The van der Waals surface area contributed by atoms with E-state index in [1.165, 1.54) is 0 Å². The van der Waals surface area contributed by atoms with Gasteiger partial charge in [0.1, 0.15) is 0 Å². The van der Waals surface area contributed by atoms with Gasteiger partial charge in [0.2, 0.25) is 6.04 Å². The minimum atomic E-state index is -0.598. The Morgan fingerprint density at radius 3 is 2.53 bits per heavy atom. The average molecular weight is 256 g/mol. The van der Waals surface area contributed by atoms with Crippen LogP contribution in [0, 0.1) is 10.1 Å². The molecule has 1 aliphatic carbocycles. The quantitative estimate of drug-likeness (QED) is 0.653. The van der Waals surface area contributed by atoms with Gasteiger partial charge in [0.25, 0.3) is 0 Å². The molecule has 0 spiro atoms. The lowest BCUT2D eigenvalue weighted by Crippen LogP contribution is -2.35. The van der Waals surface area contributed by atoms with E-state index in [9.17, 15) is 15.2 Å². The molecule has 0 aliphatic heterocycles. The molecule has 1 aromatic rings. The van der Waals surface area contributed by atoms with E-state index in [0.29, 0.717) is 24.3 Å². The van der Waals surface area contributed by atoms with Crippen molar-refractivity contribution in [3.63, 3.8) is 0 Å². The molecule has 1 saturated carbocycles. The molecule has 92 valence electrons. The van der Waals surface area contributed by atoms with Crippen LogP contribution in [-0.4, -0.2) is 22.2 Å². The Hall–Kier alpha value is -1.13. The van der Waals surface area contributed by atoms with E-state index in [-0.39, 0.29) is 10.8 Å². The lowest BCUT2D eigenvalue weighted by Gasteiger charge is -2.29. The van der Waals surface area contributed by atoms with Gasteiger partial charge in [0.15, 0.2) is 0 Å². The second-order valence-electron chi connectivity index (χ2n) is 4.48. The summed E-state index contributed by atoms with van der Waals surface area (Å²) >= 11 is 5.79. The lowest BCUT2D eigenvalue weighted by atomic mass is 9.79. The smallest absolute Gasteiger partial charge is 0.220 e. The fourth-order valence-electron chi connectivity index (χ4n) is 2.45. The zero-order valence-corrected chi connectivity index (χ0v) is 10.0. The predicted octanol–water partition coefficient (Wildman–Crippen LogP) is 2.61. The maximum absolute atomic E-state index is 11.0. The Morgan fingerprint density at radius 1 is 1.29 bits per heavy atom. The number of aliphatic hydroxyl groups excluding tert-OH is 1. The van der Waals surface area contributed by atoms with Gasteiger partial charge in [-0.25, -0.2) is 0 Å². The zero-order chi connectivity index (χ0) is 12.4. The summed E-state index contributed by atoms with van der Waals surface area (Å²) in [5.41, 5.74) is 0.884. The van der Waals surface area contributed by atoms with Crippen LogP contribution in [0.5, 0.6) is 0 Å². The minimum absolute atomic E-state index is 0.217. The summed E-state index contributed by atoms with van der Waals surface area (Å²) in [6.07, 6.45) is 0.955. The molecule has 5 heteroatoms. The van der Waals surface area contributed by atoms with E-state index in [4.69, 9.17) is 11.6 Å². The first-order valence-corrected chi connectivity index (χ1v) is 6.02. The number of benzene rings is 1. The van der Waals surface area contributed by atoms with Crippen LogP contribution >= 0.6 is 11.6 Å².